The highest BCUT2D eigenvalue weighted by atomic mass is 35.5. The minimum absolute atomic E-state index is 0.256. The zero-order valence-corrected chi connectivity index (χ0v) is 28.0. The lowest BCUT2D eigenvalue weighted by molar-refractivity contribution is 0.186. The lowest BCUT2D eigenvalue weighted by atomic mass is 9.92. The molecule has 5 aromatic rings. The van der Waals surface area contributed by atoms with E-state index < -0.39 is 10.0 Å². The minimum atomic E-state index is -3.69. The molecule has 2 atom stereocenters. The molecule has 7 rings (SSSR count). The first-order valence-corrected chi connectivity index (χ1v) is 18.3. The number of hydrogen-bond acceptors (Lipinski definition) is 8. The average molecular weight is 674 g/mol. The molecule has 0 radical (unpaired) electrons. The predicted octanol–water partition coefficient (Wildman–Crippen LogP) is 6.90. The lowest BCUT2D eigenvalue weighted by Crippen LogP contribution is -2.39. The van der Waals surface area contributed by atoms with E-state index in [4.69, 9.17) is 16.0 Å². The van der Waals surface area contributed by atoms with Crippen molar-refractivity contribution in [3.63, 3.8) is 0 Å². The summed E-state index contributed by atoms with van der Waals surface area (Å²) < 4.78 is 35.5. The third-order valence-corrected chi connectivity index (χ3v) is 13.0. The Morgan fingerprint density at radius 2 is 1.74 bits per heavy atom. The van der Waals surface area contributed by atoms with Crippen LogP contribution in [0.2, 0.25) is 5.02 Å². The van der Waals surface area contributed by atoms with Gasteiger partial charge in [0.15, 0.2) is 0 Å². The molecule has 0 bridgehead atoms. The molecule has 3 aromatic heterocycles. The van der Waals surface area contributed by atoms with Crippen molar-refractivity contribution in [2.75, 3.05) is 33.2 Å². The van der Waals surface area contributed by atoms with Gasteiger partial charge in [0, 0.05) is 42.7 Å². The molecule has 0 amide bonds. The van der Waals surface area contributed by atoms with Crippen molar-refractivity contribution in [3.8, 4) is 10.6 Å². The van der Waals surface area contributed by atoms with E-state index >= 15 is 0 Å². The van der Waals surface area contributed by atoms with Crippen molar-refractivity contribution in [1.29, 1.82) is 0 Å². The van der Waals surface area contributed by atoms with E-state index in [-0.39, 0.29) is 11.3 Å². The summed E-state index contributed by atoms with van der Waals surface area (Å²) in [6.45, 7) is 3.19. The fourth-order valence-corrected chi connectivity index (χ4v) is 9.59. The van der Waals surface area contributed by atoms with Crippen LogP contribution < -0.4 is 0 Å². The van der Waals surface area contributed by atoms with E-state index in [9.17, 15) is 8.42 Å². The summed E-state index contributed by atoms with van der Waals surface area (Å²) in [6.07, 6.45) is 5.19. The predicted molar refractivity (Wildman–Crippen MR) is 181 cm³/mol. The monoisotopic (exact) mass is 673 g/mol. The first-order valence-electron chi connectivity index (χ1n) is 15.6. The van der Waals surface area contributed by atoms with Crippen LogP contribution in [0.5, 0.6) is 0 Å². The van der Waals surface area contributed by atoms with Crippen LogP contribution in [0.15, 0.2) is 99.8 Å². The average Bonchev–Trinajstić information content (AvgIpc) is 3.40. The molecular weight excluding hydrogens is 638 g/mol. The summed E-state index contributed by atoms with van der Waals surface area (Å²) in [4.78, 5) is 7.72. The topological polar surface area (TPSA) is 92.4 Å². The summed E-state index contributed by atoms with van der Waals surface area (Å²) in [5.41, 5.74) is 2.79. The smallest absolute Gasteiger partial charge is 0.252 e. The van der Waals surface area contributed by atoms with Gasteiger partial charge in [-0.3, -0.25) is 4.98 Å². The van der Waals surface area contributed by atoms with E-state index in [0.29, 0.717) is 34.0 Å². The Morgan fingerprint density at radius 3 is 2.48 bits per heavy atom. The molecule has 2 aliphatic rings. The van der Waals surface area contributed by atoms with Gasteiger partial charge in [-0.1, -0.05) is 60.1 Å². The van der Waals surface area contributed by atoms with Crippen molar-refractivity contribution in [2.45, 2.75) is 41.2 Å². The number of sulfonamides is 1. The molecule has 4 heterocycles. The van der Waals surface area contributed by atoms with Crippen LogP contribution in [0, 0.1) is 5.92 Å². The summed E-state index contributed by atoms with van der Waals surface area (Å²) in [5, 5.41) is 9.38. The van der Waals surface area contributed by atoms with Crippen molar-refractivity contribution < 1.29 is 12.8 Å². The Balaban J connectivity index is 1.01. The van der Waals surface area contributed by atoms with Gasteiger partial charge in [-0.25, -0.2) is 8.42 Å². The molecular formula is C35H36ClN5O3S2. The Labute approximate surface area is 279 Å². The van der Waals surface area contributed by atoms with Crippen LogP contribution in [0.25, 0.3) is 10.6 Å². The van der Waals surface area contributed by atoms with Crippen LogP contribution in [-0.4, -0.2) is 66.0 Å². The molecule has 2 aromatic carbocycles. The van der Waals surface area contributed by atoms with Gasteiger partial charge in [0.25, 0.3) is 10.0 Å². The third-order valence-electron chi connectivity index (χ3n) is 9.42. The number of likely N-dealkylation sites (N-methyl/N-ethyl adjacent to an activating group) is 1. The molecule has 238 valence electrons. The number of pyridine rings is 1. The van der Waals surface area contributed by atoms with Crippen LogP contribution in [-0.2, 0) is 21.9 Å². The SMILES string of the molecule is CN(C[C@@]1(c2ccc(Cl)cc2)C[C@H]1CN1CCC(c2nnc(Cc3ccccc3)o2)CC1)S(=O)(=O)c1ccc(-c2ccccn2)s1. The second kappa shape index (κ2) is 13.0. The molecule has 1 aliphatic heterocycles. The maximum atomic E-state index is 13.8. The van der Waals surface area contributed by atoms with Crippen molar-refractivity contribution in [1.82, 2.24) is 24.4 Å². The van der Waals surface area contributed by atoms with Gasteiger partial charge in [0.1, 0.15) is 4.21 Å². The molecule has 2 fully saturated rings. The standard InChI is InChI=1S/C35H36ClN5O3S2/c1-40(46(42,43)33-15-14-31(45-33)30-9-5-6-18-37-30)24-35(27-10-12-29(36)13-11-27)22-28(35)23-41-19-16-26(17-20-41)34-39-38-32(44-34)21-25-7-3-2-4-8-25/h2-15,18,26,28H,16-17,19-24H2,1H3/t28-,35+/m0/s1. The molecule has 1 aliphatic carbocycles. The molecule has 0 unspecified atom stereocenters. The first-order chi connectivity index (χ1) is 22.3. The van der Waals surface area contributed by atoms with Crippen LogP contribution in [0.4, 0.5) is 0 Å². The van der Waals surface area contributed by atoms with Gasteiger partial charge >= 0.3 is 0 Å². The highest BCUT2D eigenvalue weighted by Gasteiger charge is 2.57. The van der Waals surface area contributed by atoms with Gasteiger partial charge in [-0.15, -0.1) is 21.5 Å². The Morgan fingerprint density at radius 1 is 0.978 bits per heavy atom. The minimum Gasteiger partial charge on any atom is -0.425 e. The van der Waals surface area contributed by atoms with E-state index in [1.54, 1.807) is 19.3 Å². The van der Waals surface area contributed by atoms with E-state index in [1.807, 2.05) is 54.6 Å². The van der Waals surface area contributed by atoms with E-state index in [2.05, 4.69) is 44.3 Å². The molecule has 1 saturated carbocycles. The fraction of sp³-hybridized carbons (Fsp3) is 0.343. The third kappa shape index (κ3) is 6.55. The summed E-state index contributed by atoms with van der Waals surface area (Å²) in [5.74, 6) is 1.98. The van der Waals surface area contributed by atoms with E-state index in [0.717, 1.165) is 66.5 Å². The number of aromatic nitrogens is 3. The van der Waals surface area contributed by atoms with Gasteiger partial charge in [0.05, 0.1) is 17.0 Å². The number of benzene rings is 2. The lowest BCUT2D eigenvalue weighted by Gasteiger charge is -2.32. The zero-order chi connectivity index (χ0) is 31.7. The maximum Gasteiger partial charge on any atom is 0.252 e. The first kappa shape index (κ1) is 31.2. The number of piperidine rings is 1. The van der Waals surface area contributed by atoms with Crippen molar-refractivity contribution >= 4 is 33.0 Å². The number of nitrogens with zero attached hydrogens (tertiary/aromatic N) is 5. The summed E-state index contributed by atoms with van der Waals surface area (Å²) >= 11 is 7.52. The second-order valence-electron chi connectivity index (χ2n) is 12.4. The van der Waals surface area contributed by atoms with Crippen LogP contribution in [0.1, 0.15) is 48.1 Å². The summed E-state index contributed by atoms with van der Waals surface area (Å²) in [6, 6.07) is 27.3. The molecule has 8 nitrogen and oxygen atoms in total. The van der Waals surface area contributed by atoms with Gasteiger partial charge < -0.3 is 9.32 Å². The van der Waals surface area contributed by atoms with Gasteiger partial charge in [-0.05, 0) is 85.8 Å². The normalized spacial score (nSPS) is 20.7. The zero-order valence-electron chi connectivity index (χ0n) is 25.6. The van der Waals surface area contributed by atoms with E-state index in [1.165, 1.54) is 15.6 Å². The largest absolute Gasteiger partial charge is 0.425 e. The molecule has 11 heteroatoms. The number of hydrogen-bond donors (Lipinski definition) is 0. The Kier molecular flexibility index (Phi) is 8.82. The molecule has 46 heavy (non-hydrogen) atoms. The molecule has 0 spiro atoms. The number of thiophene rings is 1. The van der Waals surface area contributed by atoms with Crippen molar-refractivity contribution in [2.24, 2.45) is 5.92 Å². The Bertz CT molecular complexity index is 1870. The highest BCUT2D eigenvalue weighted by Crippen LogP contribution is 2.56. The molecule has 1 saturated heterocycles. The summed E-state index contributed by atoms with van der Waals surface area (Å²) in [7, 11) is -1.99. The Hall–Kier alpha value is -3.41. The number of likely N-dealkylation sites (tertiary alicyclic amines) is 1. The maximum absolute atomic E-state index is 13.8. The number of halogens is 1. The number of rotatable bonds is 11. The van der Waals surface area contributed by atoms with Gasteiger partial charge in [-0.2, -0.15) is 4.31 Å². The second-order valence-corrected chi connectivity index (χ2v) is 16.2. The van der Waals surface area contributed by atoms with Gasteiger partial charge in [0.2, 0.25) is 11.8 Å². The van der Waals surface area contributed by atoms with Crippen LogP contribution in [0.3, 0.4) is 0 Å². The highest BCUT2D eigenvalue weighted by molar-refractivity contribution is 7.91. The molecule has 0 N–H and O–H groups in total. The quantitative estimate of drug-likeness (QED) is 0.151. The fourth-order valence-electron chi connectivity index (χ4n) is 6.73. The van der Waals surface area contributed by atoms with Crippen LogP contribution >= 0.6 is 22.9 Å². The van der Waals surface area contributed by atoms with Crippen molar-refractivity contribution in [3.05, 3.63) is 119 Å².